The molecule has 0 aliphatic carbocycles. The van der Waals surface area contributed by atoms with Gasteiger partial charge in [0.2, 0.25) is 0 Å². The summed E-state index contributed by atoms with van der Waals surface area (Å²) in [5.74, 6) is 0.293. The summed E-state index contributed by atoms with van der Waals surface area (Å²) >= 11 is 1.73. The van der Waals surface area contributed by atoms with Gasteiger partial charge in [-0.3, -0.25) is 10.00 Å². The number of aryl methyl sites for hydroxylation is 1. The standard InChI is InChI=1S/C14H19N3OS/c1-10-4-13(16-15-10)5-12-7-17(8-14(12)18)6-11-2-3-19-9-11/h2-4,9,12,14,18H,5-8H2,1H3,(H,15,16)/t12-,14+/m1/s1. The number of hydrogen-bond donors (Lipinski definition) is 2. The van der Waals surface area contributed by atoms with E-state index in [2.05, 4.69) is 38.0 Å². The number of aromatic amines is 1. The normalized spacial score (nSPS) is 24.1. The molecule has 2 N–H and O–H groups in total. The highest BCUT2D eigenvalue weighted by Crippen LogP contribution is 2.23. The third-order valence-electron chi connectivity index (χ3n) is 3.70. The molecule has 0 saturated carbocycles. The lowest BCUT2D eigenvalue weighted by Gasteiger charge is -2.14. The Morgan fingerprint density at radius 1 is 1.53 bits per heavy atom. The van der Waals surface area contributed by atoms with E-state index < -0.39 is 0 Å². The first kappa shape index (κ1) is 12.8. The fourth-order valence-corrected chi connectivity index (χ4v) is 3.42. The van der Waals surface area contributed by atoms with Gasteiger partial charge in [0.1, 0.15) is 0 Å². The molecule has 0 aromatic carbocycles. The van der Waals surface area contributed by atoms with Crippen LogP contribution in [-0.2, 0) is 13.0 Å². The molecule has 102 valence electrons. The Hall–Kier alpha value is -1.17. The molecule has 1 saturated heterocycles. The Balaban J connectivity index is 1.59. The highest BCUT2D eigenvalue weighted by molar-refractivity contribution is 7.07. The molecule has 0 spiro atoms. The van der Waals surface area contributed by atoms with Crippen LogP contribution in [0.3, 0.4) is 0 Å². The van der Waals surface area contributed by atoms with Crippen LogP contribution in [0.4, 0.5) is 0 Å². The largest absolute Gasteiger partial charge is 0.391 e. The molecule has 5 heteroatoms. The number of thiophene rings is 1. The van der Waals surface area contributed by atoms with Crippen molar-refractivity contribution in [3.05, 3.63) is 39.8 Å². The van der Waals surface area contributed by atoms with E-state index in [-0.39, 0.29) is 6.10 Å². The maximum absolute atomic E-state index is 10.2. The van der Waals surface area contributed by atoms with Gasteiger partial charge in [0.15, 0.2) is 0 Å². The van der Waals surface area contributed by atoms with Gasteiger partial charge in [-0.25, -0.2) is 0 Å². The minimum absolute atomic E-state index is 0.240. The summed E-state index contributed by atoms with van der Waals surface area (Å²) in [5.41, 5.74) is 3.48. The van der Waals surface area contributed by atoms with Crippen LogP contribution >= 0.6 is 11.3 Å². The number of rotatable bonds is 4. The number of aromatic nitrogens is 2. The summed E-state index contributed by atoms with van der Waals surface area (Å²) in [4.78, 5) is 2.33. The molecular weight excluding hydrogens is 258 g/mol. The number of H-pyrrole nitrogens is 1. The average molecular weight is 277 g/mol. The zero-order valence-corrected chi connectivity index (χ0v) is 11.9. The van der Waals surface area contributed by atoms with Crippen molar-refractivity contribution >= 4 is 11.3 Å². The van der Waals surface area contributed by atoms with Gasteiger partial charge in [0, 0.05) is 31.2 Å². The monoisotopic (exact) mass is 277 g/mol. The van der Waals surface area contributed by atoms with Crippen LogP contribution in [0.25, 0.3) is 0 Å². The molecule has 2 aromatic rings. The predicted octanol–water partition coefficient (Wildman–Crippen LogP) is 1.82. The Morgan fingerprint density at radius 2 is 2.42 bits per heavy atom. The second-order valence-electron chi connectivity index (χ2n) is 5.40. The Labute approximate surface area is 117 Å². The van der Waals surface area contributed by atoms with Crippen molar-refractivity contribution in [2.75, 3.05) is 13.1 Å². The summed E-state index contributed by atoms with van der Waals surface area (Å²) in [6, 6.07) is 4.22. The van der Waals surface area contributed by atoms with Crippen LogP contribution in [0.15, 0.2) is 22.9 Å². The molecule has 2 aromatic heterocycles. The molecule has 4 nitrogen and oxygen atoms in total. The van der Waals surface area contributed by atoms with Crippen molar-refractivity contribution in [3.8, 4) is 0 Å². The molecule has 0 radical (unpaired) electrons. The lowest BCUT2D eigenvalue weighted by atomic mass is 10.0. The molecule has 2 atom stereocenters. The van der Waals surface area contributed by atoms with Crippen LogP contribution in [0.1, 0.15) is 17.0 Å². The molecule has 1 fully saturated rings. The smallest absolute Gasteiger partial charge is 0.0711 e. The highest BCUT2D eigenvalue weighted by atomic mass is 32.1. The number of aliphatic hydroxyl groups excluding tert-OH is 1. The fourth-order valence-electron chi connectivity index (χ4n) is 2.76. The van der Waals surface area contributed by atoms with Crippen molar-refractivity contribution in [1.29, 1.82) is 0 Å². The zero-order valence-electron chi connectivity index (χ0n) is 11.0. The maximum Gasteiger partial charge on any atom is 0.0711 e. The molecule has 19 heavy (non-hydrogen) atoms. The SMILES string of the molecule is Cc1cc(C[C@@H]2CN(Cc3ccsc3)C[C@@H]2O)n[nH]1. The minimum atomic E-state index is -0.240. The van der Waals surface area contributed by atoms with E-state index in [9.17, 15) is 5.11 Å². The van der Waals surface area contributed by atoms with E-state index in [1.54, 1.807) is 11.3 Å². The molecule has 3 heterocycles. The van der Waals surface area contributed by atoms with Crippen LogP contribution in [0.5, 0.6) is 0 Å². The summed E-state index contributed by atoms with van der Waals surface area (Å²) < 4.78 is 0. The van der Waals surface area contributed by atoms with E-state index in [0.29, 0.717) is 5.92 Å². The average Bonchev–Trinajstić information content (AvgIpc) is 3.06. The molecule has 0 unspecified atom stereocenters. The van der Waals surface area contributed by atoms with Crippen molar-refractivity contribution in [2.24, 2.45) is 5.92 Å². The summed E-state index contributed by atoms with van der Waals surface area (Å²) in [5, 5.41) is 21.7. The highest BCUT2D eigenvalue weighted by Gasteiger charge is 2.31. The number of β-amino-alcohol motifs (C(OH)–C–C–N with tert-alkyl or cyclic N) is 1. The van der Waals surface area contributed by atoms with Crippen molar-refractivity contribution in [3.63, 3.8) is 0 Å². The number of nitrogens with zero attached hydrogens (tertiary/aromatic N) is 2. The Kier molecular flexibility index (Phi) is 3.68. The van der Waals surface area contributed by atoms with Crippen molar-refractivity contribution in [2.45, 2.75) is 26.0 Å². The van der Waals surface area contributed by atoms with Gasteiger partial charge in [-0.1, -0.05) is 0 Å². The summed E-state index contributed by atoms with van der Waals surface area (Å²) in [6.45, 7) is 4.66. The lowest BCUT2D eigenvalue weighted by Crippen LogP contribution is -2.21. The number of nitrogens with one attached hydrogen (secondary N) is 1. The second-order valence-corrected chi connectivity index (χ2v) is 6.18. The quantitative estimate of drug-likeness (QED) is 0.896. The Morgan fingerprint density at radius 3 is 3.11 bits per heavy atom. The summed E-state index contributed by atoms with van der Waals surface area (Å²) in [7, 11) is 0. The fraction of sp³-hybridized carbons (Fsp3) is 0.500. The van der Waals surface area contributed by atoms with Crippen molar-refractivity contribution in [1.82, 2.24) is 15.1 Å². The van der Waals surface area contributed by atoms with Gasteiger partial charge in [-0.15, -0.1) is 0 Å². The number of aliphatic hydroxyl groups is 1. The maximum atomic E-state index is 10.2. The topological polar surface area (TPSA) is 52.1 Å². The number of likely N-dealkylation sites (tertiary alicyclic amines) is 1. The molecule has 0 amide bonds. The van der Waals surface area contributed by atoms with Crippen molar-refractivity contribution < 1.29 is 5.11 Å². The van der Waals surface area contributed by atoms with Gasteiger partial charge in [-0.05, 0) is 41.8 Å². The Bertz CT molecular complexity index is 523. The van der Waals surface area contributed by atoms with Gasteiger partial charge in [0.25, 0.3) is 0 Å². The zero-order chi connectivity index (χ0) is 13.2. The van der Waals surface area contributed by atoms with E-state index in [0.717, 1.165) is 37.4 Å². The molecule has 0 bridgehead atoms. The molecule has 3 rings (SSSR count). The predicted molar refractivity (Wildman–Crippen MR) is 76.1 cm³/mol. The van der Waals surface area contributed by atoms with Crippen LogP contribution in [0.2, 0.25) is 0 Å². The molecular formula is C14H19N3OS. The van der Waals surface area contributed by atoms with Crippen LogP contribution in [0, 0.1) is 12.8 Å². The van der Waals surface area contributed by atoms with Crippen LogP contribution < -0.4 is 0 Å². The third-order valence-corrected chi connectivity index (χ3v) is 4.43. The van der Waals surface area contributed by atoms with Gasteiger partial charge in [0.05, 0.1) is 11.8 Å². The van der Waals surface area contributed by atoms with Gasteiger partial charge < -0.3 is 5.11 Å². The van der Waals surface area contributed by atoms with Gasteiger partial charge in [-0.2, -0.15) is 16.4 Å². The van der Waals surface area contributed by atoms with E-state index >= 15 is 0 Å². The van der Waals surface area contributed by atoms with E-state index in [4.69, 9.17) is 0 Å². The summed E-state index contributed by atoms with van der Waals surface area (Å²) in [6.07, 6.45) is 0.613. The van der Waals surface area contributed by atoms with Crippen LogP contribution in [-0.4, -0.2) is 39.4 Å². The minimum Gasteiger partial charge on any atom is -0.391 e. The molecule has 1 aliphatic heterocycles. The lowest BCUT2D eigenvalue weighted by molar-refractivity contribution is 0.140. The second kappa shape index (κ2) is 5.45. The van der Waals surface area contributed by atoms with Gasteiger partial charge >= 0.3 is 0 Å². The number of hydrogen-bond acceptors (Lipinski definition) is 4. The first-order valence-corrected chi connectivity index (χ1v) is 7.57. The molecule has 1 aliphatic rings. The van der Waals surface area contributed by atoms with E-state index in [1.165, 1.54) is 5.56 Å². The first-order chi connectivity index (χ1) is 9.20. The first-order valence-electron chi connectivity index (χ1n) is 6.63. The third kappa shape index (κ3) is 3.05. The van der Waals surface area contributed by atoms with E-state index in [1.807, 2.05) is 6.92 Å².